The highest BCUT2D eigenvalue weighted by Gasteiger charge is 2.27. The van der Waals surface area contributed by atoms with Crippen LogP contribution in [0.15, 0.2) is 18.2 Å². The molecule has 0 saturated carbocycles. The Bertz CT molecular complexity index is 603. The smallest absolute Gasteiger partial charge is 0.255 e. The molecular formula is C17H25N3O4. The van der Waals surface area contributed by atoms with Crippen molar-refractivity contribution in [2.45, 2.75) is 25.8 Å². The monoisotopic (exact) mass is 335 g/mol. The fraction of sp³-hybridized carbons (Fsp3) is 0.529. The van der Waals surface area contributed by atoms with Crippen molar-refractivity contribution in [1.29, 1.82) is 0 Å². The van der Waals surface area contributed by atoms with Crippen molar-refractivity contribution < 1.29 is 19.1 Å². The van der Waals surface area contributed by atoms with E-state index in [1.807, 2.05) is 11.8 Å². The lowest BCUT2D eigenvalue weighted by Crippen LogP contribution is -2.45. The van der Waals surface area contributed by atoms with E-state index in [0.717, 1.165) is 19.4 Å². The summed E-state index contributed by atoms with van der Waals surface area (Å²) >= 11 is 0. The van der Waals surface area contributed by atoms with Crippen LogP contribution in [0.4, 0.5) is 0 Å². The van der Waals surface area contributed by atoms with Crippen LogP contribution in [0, 0.1) is 5.92 Å². The first-order chi connectivity index (χ1) is 11.4. The molecule has 0 aromatic heterocycles. The molecule has 2 unspecified atom stereocenters. The molecular weight excluding hydrogens is 310 g/mol. The van der Waals surface area contributed by atoms with Crippen LogP contribution in [0.25, 0.3) is 0 Å². The zero-order chi connectivity index (χ0) is 17.7. The first-order valence-electron chi connectivity index (χ1n) is 8.06. The Kier molecular flexibility index (Phi) is 6.03. The predicted octanol–water partition coefficient (Wildman–Crippen LogP) is 0.759. The zero-order valence-electron chi connectivity index (χ0n) is 14.2. The molecule has 7 heteroatoms. The number of benzene rings is 1. The van der Waals surface area contributed by atoms with Crippen LogP contribution in [-0.4, -0.2) is 49.6 Å². The second kappa shape index (κ2) is 8.01. The molecule has 2 atom stereocenters. The van der Waals surface area contributed by atoms with Gasteiger partial charge < -0.3 is 25.8 Å². The normalized spacial score (nSPS) is 18.8. The van der Waals surface area contributed by atoms with Crippen molar-refractivity contribution >= 4 is 11.8 Å². The van der Waals surface area contributed by atoms with Crippen LogP contribution < -0.4 is 20.9 Å². The number of nitrogens with zero attached hydrogens (tertiary/aromatic N) is 1. The summed E-state index contributed by atoms with van der Waals surface area (Å²) in [5.74, 6) is 0.457. The predicted molar refractivity (Wildman–Crippen MR) is 90.0 cm³/mol. The number of hydrogen-bond donors (Lipinski definition) is 2. The molecule has 2 amide bonds. The summed E-state index contributed by atoms with van der Waals surface area (Å²) in [6.07, 6.45) is 2.00. The zero-order valence-corrected chi connectivity index (χ0v) is 14.2. The summed E-state index contributed by atoms with van der Waals surface area (Å²) in [5, 5.41) is 0. The number of rotatable bonds is 6. The van der Waals surface area contributed by atoms with Crippen LogP contribution in [0.2, 0.25) is 0 Å². The number of piperidine rings is 1. The van der Waals surface area contributed by atoms with Gasteiger partial charge in [-0.15, -0.1) is 0 Å². The molecule has 0 radical (unpaired) electrons. The number of carbonyl (C=O) groups is 2. The quantitative estimate of drug-likeness (QED) is 0.798. The average Bonchev–Trinajstić information content (AvgIpc) is 2.59. The SMILES string of the molecule is COc1cc(C(=O)N2CCCC(C(C)N)C2)ccc1OCC(N)=O. The van der Waals surface area contributed by atoms with Crippen LogP contribution in [-0.2, 0) is 4.79 Å². The summed E-state index contributed by atoms with van der Waals surface area (Å²) < 4.78 is 10.5. The van der Waals surface area contributed by atoms with Crippen LogP contribution in [0.3, 0.4) is 0 Å². The summed E-state index contributed by atoms with van der Waals surface area (Å²) in [6, 6.07) is 4.96. The van der Waals surface area contributed by atoms with E-state index in [1.54, 1.807) is 18.2 Å². The molecule has 24 heavy (non-hydrogen) atoms. The van der Waals surface area contributed by atoms with Gasteiger partial charge in [0.15, 0.2) is 18.1 Å². The second-order valence-corrected chi connectivity index (χ2v) is 6.13. The topological polar surface area (TPSA) is 108 Å². The van der Waals surface area contributed by atoms with Crippen molar-refractivity contribution in [3.8, 4) is 11.5 Å². The van der Waals surface area contributed by atoms with E-state index in [0.29, 0.717) is 29.5 Å². The minimum atomic E-state index is -0.576. The van der Waals surface area contributed by atoms with Gasteiger partial charge in [0.05, 0.1) is 7.11 Å². The summed E-state index contributed by atoms with van der Waals surface area (Å²) in [5.41, 5.74) is 11.6. The van der Waals surface area contributed by atoms with Crippen molar-refractivity contribution in [1.82, 2.24) is 4.90 Å². The molecule has 2 rings (SSSR count). The molecule has 0 bridgehead atoms. The number of likely N-dealkylation sites (tertiary alicyclic amines) is 1. The Morgan fingerprint density at radius 1 is 1.38 bits per heavy atom. The minimum absolute atomic E-state index is 0.0555. The van der Waals surface area contributed by atoms with Gasteiger partial charge in [-0.05, 0) is 43.9 Å². The van der Waals surface area contributed by atoms with Crippen molar-refractivity contribution in [2.75, 3.05) is 26.8 Å². The Balaban J connectivity index is 2.13. The number of ether oxygens (including phenoxy) is 2. The summed E-state index contributed by atoms with van der Waals surface area (Å²) in [6.45, 7) is 3.13. The van der Waals surface area contributed by atoms with Crippen molar-refractivity contribution in [3.05, 3.63) is 23.8 Å². The molecule has 1 aromatic rings. The molecule has 4 N–H and O–H groups in total. The molecule has 1 saturated heterocycles. The third-order valence-electron chi connectivity index (χ3n) is 4.27. The van der Waals surface area contributed by atoms with E-state index in [2.05, 4.69) is 0 Å². The Morgan fingerprint density at radius 2 is 2.12 bits per heavy atom. The lowest BCUT2D eigenvalue weighted by Gasteiger charge is -2.34. The first-order valence-corrected chi connectivity index (χ1v) is 8.06. The van der Waals surface area contributed by atoms with Gasteiger partial charge in [0.25, 0.3) is 11.8 Å². The van der Waals surface area contributed by atoms with E-state index in [9.17, 15) is 9.59 Å². The highest BCUT2D eigenvalue weighted by molar-refractivity contribution is 5.95. The van der Waals surface area contributed by atoms with Gasteiger partial charge in [0, 0.05) is 24.7 Å². The fourth-order valence-electron chi connectivity index (χ4n) is 2.87. The lowest BCUT2D eigenvalue weighted by molar-refractivity contribution is -0.119. The maximum absolute atomic E-state index is 12.7. The van der Waals surface area contributed by atoms with Gasteiger partial charge >= 0.3 is 0 Å². The van der Waals surface area contributed by atoms with Gasteiger partial charge in [-0.1, -0.05) is 0 Å². The Labute approximate surface area is 141 Å². The third kappa shape index (κ3) is 4.38. The van der Waals surface area contributed by atoms with Gasteiger partial charge in [-0.25, -0.2) is 0 Å². The average molecular weight is 335 g/mol. The van der Waals surface area contributed by atoms with Crippen molar-refractivity contribution in [2.24, 2.45) is 17.4 Å². The number of methoxy groups -OCH3 is 1. The van der Waals surface area contributed by atoms with Gasteiger partial charge in [0.2, 0.25) is 0 Å². The van der Waals surface area contributed by atoms with Crippen molar-refractivity contribution in [3.63, 3.8) is 0 Å². The third-order valence-corrected chi connectivity index (χ3v) is 4.27. The highest BCUT2D eigenvalue weighted by Crippen LogP contribution is 2.29. The van der Waals surface area contributed by atoms with Crippen LogP contribution >= 0.6 is 0 Å². The standard InChI is InChI=1S/C17H25N3O4/c1-11(18)13-4-3-7-20(9-13)17(22)12-5-6-14(15(8-12)23-2)24-10-16(19)21/h5-6,8,11,13H,3-4,7,9-10,18H2,1-2H3,(H2,19,21). The summed E-state index contributed by atoms with van der Waals surface area (Å²) in [4.78, 5) is 25.4. The number of nitrogens with two attached hydrogens (primary N) is 2. The molecule has 7 nitrogen and oxygen atoms in total. The van der Waals surface area contributed by atoms with E-state index < -0.39 is 5.91 Å². The number of carbonyl (C=O) groups excluding carboxylic acids is 2. The molecule has 132 valence electrons. The number of hydrogen-bond acceptors (Lipinski definition) is 5. The molecule has 1 aromatic carbocycles. The molecule has 1 fully saturated rings. The number of amides is 2. The molecule has 1 aliphatic heterocycles. The maximum Gasteiger partial charge on any atom is 0.255 e. The molecule has 0 spiro atoms. The lowest BCUT2D eigenvalue weighted by atomic mass is 9.92. The first kappa shape index (κ1) is 18.1. The van der Waals surface area contributed by atoms with Gasteiger partial charge in [0.1, 0.15) is 0 Å². The second-order valence-electron chi connectivity index (χ2n) is 6.13. The van der Waals surface area contributed by atoms with Crippen LogP contribution in [0.1, 0.15) is 30.1 Å². The number of primary amides is 1. The fourth-order valence-corrected chi connectivity index (χ4v) is 2.87. The minimum Gasteiger partial charge on any atom is -0.493 e. The molecule has 1 heterocycles. The Morgan fingerprint density at radius 3 is 2.75 bits per heavy atom. The maximum atomic E-state index is 12.7. The van der Waals surface area contributed by atoms with Crippen LogP contribution in [0.5, 0.6) is 11.5 Å². The van der Waals surface area contributed by atoms with E-state index in [-0.39, 0.29) is 18.6 Å². The van der Waals surface area contributed by atoms with E-state index >= 15 is 0 Å². The molecule has 0 aliphatic carbocycles. The van der Waals surface area contributed by atoms with E-state index in [1.165, 1.54) is 7.11 Å². The van der Waals surface area contributed by atoms with Gasteiger partial charge in [-0.2, -0.15) is 0 Å². The van der Waals surface area contributed by atoms with Gasteiger partial charge in [-0.3, -0.25) is 9.59 Å². The summed E-state index contributed by atoms with van der Waals surface area (Å²) in [7, 11) is 1.48. The van der Waals surface area contributed by atoms with E-state index in [4.69, 9.17) is 20.9 Å². The Hall–Kier alpha value is -2.28. The molecule has 1 aliphatic rings. The highest BCUT2D eigenvalue weighted by atomic mass is 16.5. The largest absolute Gasteiger partial charge is 0.493 e.